The van der Waals surface area contributed by atoms with Gasteiger partial charge in [-0.25, -0.2) is 13.2 Å². The number of hydrogen-bond donors (Lipinski definition) is 0. The highest BCUT2D eigenvalue weighted by molar-refractivity contribution is 6.08. The van der Waals surface area contributed by atoms with Crippen molar-refractivity contribution in [1.29, 1.82) is 0 Å². The maximum Gasteiger partial charge on any atom is 0.176 e. The molecule has 0 fully saturated rings. The van der Waals surface area contributed by atoms with E-state index in [1.165, 1.54) is 0 Å². The van der Waals surface area contributed by atoms with E-state index in [0.29, 0.717) is 18.6 Å². The Kier molecular flexibility index (Phi) is 4.43. The second-order valence-electron chi connectivity index (χ2n) is 3.63. The van der Waals surface area contributed by atoms with Crippen molar-refractivity contribution in [3.63, 3.8) is 0 Å². The van der Waals surface area contributed by atoms with Crippen LogP contribution in [0.2, 0.25) is 0 Å². The van der Waals surface area contributed by atoms with E-state index in [2.05, 4.69) is 0 Å². The molecule has 0 radical (unpaired) electrons. The summed E-state index contributed by atoms with van der Waals surface area (Å²) in [6.07, 6.45) is 0.171. The number of carbonyl (C=O) groups excluding carboxylic acids is 2. The van der Waals surface area contributed by atoms with Gasteiger partial charge in [0.15, 0.2) is 5.78 Å². The maximum atomic E-state index is 13.2. The van der Waals surface area contributed by atoms with Gasteiger partial charge in [0.1, 0.15) is 23.2 Å². The Bertz CT molecular complexity index is 432. The molecule has 0 saturated carbocycles. The molecule has 92 valence electrons. The van der Waals surface area contributed by atoms with Crippen LogP contribution in [0.15, 0.2) is 12.1 Å². The summed E-state index contributed by atoms with van der Waals surface area (Å²) in [7, 11) is 0. The lowest BCUT2D eigenvalue weighted by Crippen LogP contribution is -2.12. The number of Topliss-reactive ketones (excluding diaryl/α,β-unsaturated/α-hetero) is 2. The predicted molar refractivity (Wildman–Crippen MR) is 55.2 cm³/mol. The summed E-state index contributed by atoms with van der Waals surface area (Å²) in [5.41, 5.74) is -0.851. The van der Waals surface area contributed by atoms with Gasteiger partial charge in [0.25, 0.3) is 0 Å². The van der Waals surface area contributed by atoms with Crippen molar-refractivity contribution in [2.45, 2.75) is 26.2 Å². The van der Waals surface area contributed by atoms with Gasteiger partial charge in [-0.2, -0.15) is 0 Å². The van der Waals surface area contributed by atoms with Gasteiger partial charge in [0.05, 0.1) is 12.0 Å². The third kappa shape index (κ3) is 3.41. The zero-order chi connectivity index (χ0) is 13.0. The maximum absolute atomic E-state index is 13.2. The van der Waals surface area contributed by atoms with Crippen LogP contribution >= 0.6 is 0 Å². The zero-order valence-corrected chi connectivity index (χ0v) is 9.23. The van der Waals surface area contributed by atoms with Gasteiger partial charge in [-0.05, 0) is 6.42 Å². The minimum absolute atomic E-state index is 0.177. The molecule has 0 aromatic heterocycles. The topological polar surface area (TPSA) is 34.1 Å². The molecule has 0 heterocycles. The van der Waals surface area contributed by atoms with Gasteiger partial charge in [-0.3, -0.25) is 9.59 Å². The first-order chi connectivity index (χ1) is 7.95. The van der Waals surface area contributed by atoms with E-state index in [4.69, 9.17) is 0 Å². The molecule has 0 aliphatic rings. The van der Waals surface area contributed by atoms with Crippen LogP contribution < -0.4 is 0 Å². The molecular formula is C12H11F3O2. The van der Waals surface area contributed by atoms with E-state index in [1.807, 2.05) is 0 Å². The van der Waals surface area contributed by atoms with Gasteiger partial charge in [-0.1, -0.05) is 6.92 Å². The molecule has 0 saturated heterocycles. The average Bonchev–Trinajstić information content (AvgIpc) is 2.15. The second-order valence-corrected chi connectivity index (χ2v) is 3.63. The van der Waals surface area contributed by atoms with Gasteiger partial charge in [0, 0.05) is 18.6 Å². The third-order valence-electron chi connectivity index (χ3n) is 2.17. The number of ketones is 2. The summed E-state index contributed by atoms with van der Waals surface area (Å²) >= 11 is 0. The van der Waals surface area contributed by atoms with Crippen molar-refractivity contribution in [3.05, 3.63) is 35.1 Å². The van der Waals surface area contributed by atoms with E-state index in [-0.39, 0.29) is 12.2 Å². The number of halogens is 3. The number of rotatable bonds is 5. The van der Waals surface area contributed by atoms with Crippen molar-refractivity contribution >= 4 is 11.6 Å². The Balaban J connectivity index is 2.93. The molecule has 2 nitrogen and oxygen atoms in total. The first kappa shape index (κ1) is 13.4. The van der Waals surface area contributed by atoms with Crippen LogP contribution in [0.1, 0.15) is 36.5 Å². The lowest BCUT2D eigenvalue weighted by molar-refractivity contribution is -0.118. The van der Waals surface area contributed by atoms with Crippen molar-refractivity contribution in [2.24, 2.45) is 0 Å². The Hall–Kier alpha value is -1.65. The zero-order valence-electron chi connectivity index (χ0n) is 9.23. The van der Waals surface area contributed by atoms with E-state index in [9.17, 15) is 22.8 Å². The largest absolute Gasteiger partial charge is 0.299 e. The summed E-state index contributed by atoms with van der Waals surface area (Å²) in [5, 5.41) is 0. The third-order valence-corrected chi connectivity index (χ3v) is 2.17. The van der Waals surface area contributed by atoms with Crippen molar-refractivity contribution in [3.8, 4) is 0 Å². The van der Waals surface area contributed by atoms with Crippen LogP contribution in [0, 0.1) is 17.5 Å². The van der Waals surface area contributed by atoms with Crippen molar-refractivity contribution in [2.75, 3.05) is 0 Å². The molecule has 1 aromatic carbocycles. The summed E-state index contributed by atoms with van der Waals surface area (Å²) < 4.78 is 39.0. The Morgan fingerprint density at radius 2 is 1.65 bits per heavy atom. The monoisotopic (exact) mass is 244 g/mol. The molecule has 0 N–H and O–H groups in total. The van der Waals surface area contributed by atoms with E-state index < -0.39 is 35.2 Å². The number of benzene rings is 1. The van der Waals surface area contributed by atoms with Crippen LogP contribution in [0.5, 0.6) is 0 Å². The van der Waals surface area contributed by atoms with Crippen LogP contribution in [-0.2, 0) is 4.79 Å². The molecule has 17 heavy (non-hydrogen) atoms. The lowest BCUT2D eigenvalue weighted by Gasteiger charge is -2.03. The van der Waals surface area contributed by atoms with Gasteiger partial charge < -0.3 is 0 Å². The molecule has 0 amide bonds. The predicted octanol–water partition coefficient (Wildman–Crippen LogP) is 3.05. The fourth-order valence-electron chi connectivity index (χ4n) is 1.44. The fraction of sp³-hybridized carbons (Fsp3) is 0.333. The average molecular weight is 244 g/mol. The summed E-state index contributed by atoms with van der Waals surface area (Å²) in [6, 6.07) is 0.835. The van der Waals surface area contributed by atoms with E-state index in [1.54, 1.807) is 6.92 Å². The van der Waals surface area contributed by atoms with Crippen molar-refractivity contribution < 1.29 is 22.8 Å². The molecule has 5 heteroatoms. The molecule has 0 unspecified atom stereocenters. The molecule has 0 aliphatic heterocycles. The van der Waals surface area contributed by atoms with Crippen LogP contribution in [0.4, 0.5) is 13.2 Å². The minimum Gasteiger partial charge on any atom is -0.299 e. The summed E-state index contributed by atoms with van der Waals surface area (Å²) in [4.78, 5) is 22.6. The SMILES string of the molecule is CCCC(=O)CC(=O)c1c(F)cc(F)cc1F. The fourth-order valence-corrected chi connectivity index (χ4v) is 1.44. The molecule has 0 aliphatic carbocycles. The molecular weight excluding hydrogens is 233 g/mol. The standard InChI is InChI=1S/C12H11F3O2/c1-2-3-8(16)6-11(17)12-9(14)4-7(13)5-10(12)15/h4-5H,2-3,6H2,1H3. The molecule has 1 rings (SSSR count). The van der Waals surface area contributed by atoms with Gasteiger partial charge in [0.2, 0.25) is 0 Å². The molecule has 0 atom stereocenters. The summed E-state index contributed by atoms with van der Waals surface area (Å²) in [6.45, 7) is 1.75. The highest BCUT2D eigenvalue weighted by Gasteiger charge is 2.20. The van der Waals surface area contributed by atoms with Gasteiger partial charge in [-0.15, -0.1) is 0 Å². The molecule has 0 spiro atoms. The molecule has 1 aromatic rings. The normalized spacial score (nSPS) is 10.4. The van der Waals surface area contributed by atoms with Crippen LogP contribution in [0.25, 0.3) is 0 Å². The Morgan fingerprint density at radius 1 is 1.12 bits per heavy atom. The lowest BCUT2D eigenvalue weighted by atomic mass is 10.0. The first-order valence-electron chi connectivity index (χ1n) is 5.15. The minimum atomic E-state index is -1.28. The smallest absolute Gasteiger partial charge is 0.176 e. The van der Waals surface area contributed by atoms with Gasteiger partial charge >= 0.3 is 0 Å². The van der Waals surface area contributed by atoms with E-state index in [0.717, 1.165) is 0 Å². The highest BCUT2D eigenvalue weighted by atomic mass is 19.1. The quantitative estimate of drug-likeness (QED) is 0.589. The highest BCUT2D eigenvalue weighted by Crippen LogP contribution is 2.17. The number of carbonyl (C=O) groups is 2. The number of hydrogen-bond acceptors (Lipinski definition) is 2. The Morgan fingerprint density at radius 3 is 2.12 bits per heavy atom. The second kappa shape index (κ2) is 5.61. The first-order valence-corrected chi connectivity index (χ1v) is 5.15. The van der Waals surface area contributed by atoms with Crippen LogP contribution in [0.3, 0.4) is 0 Å². The Labute approximate surface area is 96.4 Å². The summed E-state index contributed by atoms with van der Waals surface area (Å²) in [5.74, 6) is -5.01. The van der Waals surface area contributed by atoms with Crippen molar-refractivity contribution in [1.82, 2.24) is 0 Å². The molecule has 0 bridgehead atoms. The van der Waals surface area contributed by atoms with E-state index >= 15 is 0 Å². The van der Waals surface area contributed by atoms with Crippen LogP contribution in [-0.4, -0.2) is 11.6 Å².